The maximum atomic E-state index is 12.6. The van der Waals surface area contributed by atoms with E-state index in [0.717, 1.165) is 23.3 Å². The molecule has 5 nitrogen and oxygen atoms in total. The maximum absolute atomic E-state index is 12.6. The van der Waals surface area contributed by atoms with Crippen molar-refractivity contribution in [3.63, 3.8) is 0 Å². The van der Waals surface area contributed by atoms with Crippen molar-refractivity contribution >= 4 is 22.6 Å². The van der Waals surface area contributed by atoms with Gasteiger partial charge in [-0.2, -0.15) is 0 Å². The van der Waals surface area contributed by atoms with Gasteiger partial charge in [-0.3, -0.25) is 9.69 Å². The van der Waals surface area contributed by atoms with Crippen LogP contribution in [0, 0.1) is 0 Å². The molecule has 1 amide bonds. The van der Waals surface area contributed by atoms with Crippen molar-refractivity contribution in [1.29, 1.82) is 0 Å². The molecule has 4 rings (SSSR count). The lowest BCUT2D eigenvalue weighted by Crippen LogP contribution is -2.29. The summed E-state index contributed by atoms with van der Waals surface area (Å²) in [5.41, 5.74) is 3.46. The summed E-state index contributed by atoms with van der Waals surface area (Å²) in [5, 5.41) is 3.81. The number of rotatable bonds is 4. The van der Waals surface area contributed by atoms with Gasteiger partial charge in [-0.15, -0.1) is 0 Å². The standard InChI is InChI=1S/C20H22N4O/c25-20(18-9-11-22-19-17(18)8-10-21-19)23-16-6-4-15(5-7-16)14-24-12-2-1-3-13-24/h4-11H,1-3,12-14H2,(H,21,22)(H,23,25). The summed E-state index contributed by atoms with van der Waals surface area (Å²) in [5.74, 6) is -0.115. The Bertz CT molecular complexity index is 863. The van der Waals surface area contributed by atoms with Crippen molar-refractivity contribution in [2.24, 2.45) is 0 Å². The molecular formula is C20H22N4O. The molecule has 0 atom stereocenters. The Balaban J connectivity index is 1.44. The van der Waals surface area contributed by atoms with E-state index in [2.05, 4.69) is 32.3 Å². The molecular weight excluding hydrogens is 312 g/mol. The van der Waals surface area contributed by atoms with Crippen molar-refractivity contribution in [3.05, 3.63) is 59.9 Å². The van der Waals surface area contributed by atoms with E-state index in [1.807, 2.05) is 18.2 Å². The second kappa shape index (κ2) is 7.07. The number of aromatic nitrogens is 2. The molecule has 5 heteroatoms. The van der Waals surface area contributed by atoms with Gasteiger partial charge in [0, 0.05) is 30.0 Å². The quantitative estimate of drug-likeness (QED) is 0.763. The zero-order chi connectivity index (χ0) is 17.1. The van der Waals surface area contributed by atoms with Crippen LogP contribution >= 0.6 is 0 Å². The van der Waals surface area contributed by atoms with E-state index >= 15 is 0 Å². The molecule has 1 aliphatic heterocycles. The molecule has 0 unspecified atom stereocenters. The summed E-state index contributed by atoms with van der Waals surface area (Å²) in [6, 6.07) is 11.8. The van der Waals surface area contributed by atoms with Gasteiger partial charge in [0.05, 0.1) is 5.56 Å². The summed E-state index contributed by atoms with van der Waals surface area (Å²) in [6.07, 6.45) is 7.39. The van der Waals surface area contributed by atoms with Crippen LogP contribution in [0.2, 0.25) is 0 Å². The number of aromatic amines is 1. The van der Waals surface area contributed by atoms with E-state index in [9.17, 15) is 4.79 Å². The van der Waals surface area contributed by atoms with Crippen LogP contribution in [0.15, 0.2) is 48.8 Å². The molecule has 25 heavy (non-hydrogen) atoms. The SMILES string of the molecule is O=C(Nc1ccc(CN2CCCCC2)cc1)c1ccnc2[nH]ccc12. The Morgan fingerprint density at radius 2 is 1.88 bits per heavy atom. The second-order valence-electron chi connectivity index (χ2n) is 6.59. The lowest BCUT2D eigenvalue weighted by Gasteiger charge is -2.26. The fourth-order valence-corrected chi connectivity index (χ4v) is 3.43. The number of H-pyrrole nitrogens is 1. The largest absolute Gasteiger partial charge is 0.346 e. The molecule has 1 aromatic carbocycles. The molecule has 1 saturated heterocycles. The highest BCUT2D eigenvalue weighted by molar-refractivity contribution is 6.11. The van der Waals surface area contributed by atoms with Crippen LogP contribution in [0.25, 0.3) is 11.0 Å². The van der Waals surface area contributed by atoms with Gasteiger partial charge in [0.2, 0.25) is 0 Å². The van der Waals surface area contributed by atoms with Crippen molar-refractivity contribution in [2.75, 3.05) is 18.4 Å². The van der Waals surface area contributed by atoms with Crippen molar-refractivity contribution < 1.29 is 4.79 Å². The summed E-state index contributed by atoms with van der Waals surface area (Å²) in [4.78, 5) is 22.3. The van der Waals surface area contributed by atoms with Gasteiger partial charge in [0.25, 0.3) is 5.91 Å². The Morgan fingerprint density at radius 3 is 2.68 bits per heavy atom. The molecule has 1 aliphatic rings. The predicted octanol–water partition coefficient (Wildman–Crippen LogP) is 3.80. The minimum absolute atomic E-state index is 0.115. The number of nitrogens with zero attached hydrogens (tertiary/aromatic N) is 2. The minimum atomic E-state index is -0.115. The monoisotopic (exact) mass is 334 g/mol. The molecule has 0 radical (unpaired) electrons. The number of piperidine rings is 1. The highest BCUT2D eigenvalue weighted by Gasteiger charge is 2.12. The van der Waals surface area contributed by atoms with Gasteiger partial charge >= 0.3 is 0 Å². The number of nitrogens with one attached hydrogen (secondary N) is 2. The van der Waals surface area contributed by atoms with Gasteiger partial charge in [-0.05, 0) is 55.8 Å². The van der Waals surface area contributed by atoms with Gasteiger partial charge in [-0.25, -0.2) is 4.98 Å². The average Bonchev–Trinajstić information content (AvgIpc) is 3.13. The van der Waals surface area contributed by atoms with Gasteiger partial charge in [-0.1, -0.05) is 18.6 Å². The zero-order valence-electron chi connectivity index (χ0n) is 14.2. The van der Waals surface area contributed by atoms with E-state index in [1.165, 1.54) is 37.9 Å². The molecule has 0 saturated carbocycles. The number of benzene rings is 1. The number of likely N-dealkylation sites (tertiary alicyclic amines) is 1. The number of hydrogen-bond acceptors (Lipinski definition) is 3. The number of amides is 1. The normalized spacial score (nSPS) is 15.4. The van der Waals surface area contributed by atoms with E-state index in [1.54, 1.807) is 18.5 Å². The van der Waals surface area contributed by atoms with E-state index in [0.29, 0.717) is 5.56 Å². The topological polar surface area (TPSA) is 61.0 Å². The van der Waals surface area contributed by atoms with Crippen LogP contribution in [0.4, 0.5) is 5.69 Å². The van der Waals surface area contributed by atoms with Crippen LogP contribution < -0.4 is 5.32 Å². The number of fused-ring (bicyclic) bond motifs is 1. The lowest BCUT2D eigenvalue weighted by molar-refractivity contribution is 0.102. The maximum Gasteiger partial charge on any atom is 0.256 e. The van der Waals surface area contributed by atoms with E-state index < -0.39 is 0 Å². The minimum Gasteiger partial charge on any atom is -0.346 e. The summed E-state index contributed by atoms with van der Waals surface area (Å²) >= 11 is 0. The average molecular weight is 334 g/mol. The third-order valence-corrected chi connectivity index (χ3v) is 4.77. The molecule has 128 valence electrons. The Kier molecular flexibility index (Phi) is 4.48. The lowest BCUT2D eigenvalue weighted by atomic mass is 10.1. The van der Waals surface area contributed by atoms with Crippen LogP contribution in [-0.4, -0.2) is 33.9 Å². The van der Waals surface area contributed by atoms with E-state index in [-0.39, 0.29) is 5.91 Å². The number of anilines is 1. The fraction of sp³-hybridized carbons (Fsp3) is 0.300. The van der Waals surface area contributed by atoms with Crippen LogP contribution in [0.5, 0.6) is 0 Å². The molecule has 0 aliphatic carbocycles. The number of carbonyl (C=O) groups is 1. The fourth-order valence-electron chi connectivity index (χ4n) is 3.43. The molecule has 3 heterocycles. The first kappa shape index (κ1) is 15.8. The second-order valence-corrected chi connectivity index (χ2v) is 6.59. The molecule has 1 fully saturated rings. The molecule has 2 aromatic heterocycles. The van der Waals surface area contributed by atoms with Crippen molar-refractivity contribution in [1.82, 2.24) is 14.9 Å². The third kappa shape index (κ3) is 3.56. The first-order valence-electron chi connectivity index (χ1n) is 8.84. The van der Waals surface area contributed by atoms with E-state index in [4.69, 9.17) is 0 Å². The number of hydrogen-bond donors (Lipinski definition) is 2. The first-order chi connectivity index (χ1) is 12.3. The Hall–Kier alpha value is -2.66. The van der Waals surface area contributed by atoms with Crippen LogP contribution in [-0.2, 0) is 6.54 Å². The Labute approximate surface area is 147 Å². The van der Waals surface area contributed by atoms with Gasteiger partial charge < -0.3 is 10.3 Å². The molecule has 3 aromatic rings. The zero-order valence-corrected chi connectivity index (χ0v) is 14.2. The predicted molar refractivity (Wildman–Crippen MR) is 99.6 cm³/mol. The first-order valence-corrected chi connectivity index (χ1v) is 8.84. The summed E-state index contributed by atoms with van der Waals surface area (Å²) < 4.78 is 0. The molecule has 0 bridgehead atoms. The van der Waals surface area contributed by atoms with Crippen molar-refractivity contribution in [2.45, 2.75) is 25.8 Å². The Morgan fingerprint density at radius 1 is 1.08 bits per heavy atom. The number of pyridine rings is 1. The van der Waals surface area contributed by atoms with Gasteiger partial charge in [0.1, 0.15) is 5.65 Å². The van der Waals surface area contributed by atoms with Crippen LogP contribution in [0.1, 0.15) is 35.2 Å². The van der Waals surface area contributed by atoms with Gasteiger partial charge in [0.15, 0.2) is 0 Å². The molecule has 0 spiro atoms. The third-order valence-electron chi connectivity index (χ3n) is 4.77. The highest BCUT2D eigenvalue weighted by Crippen LogP contribution is 2.19. The summed E-state index contributed by atoms with van der Waals surface area (Å²) in [6.45, 7) is 3.36. The molecule has 2 N–H and O–H groups in total. The number of carbonyl (C=O) groups excluding carboxylic acids is 1. The van der Waals surface area contributed by atoms with Crippen LogP contribution in [0.3, 0.4) is 0 Å². The smallest absolute Gasteiger partial charge is 0.256 e. The van der Waals surface area contributed by atoms with Crippen molar-refractivity contribution in [3.8, 4) is 0 Å². The summed E-state index contributed by atoms with van der Waals surface area (Å²) in [7, 11) is 0. The highest BCUT2D eigenvalue weighted by atomic mass is 16.1.